The maximum atomic E-state index is 11.4. The number of aliphatic hydroxyl groups excluding tert-OH is 1. The number of nitrogens with zero attached hydrogens (tertiary/aromatic N) is 1. The number of sulfone groups is 1. The summed E-state index contributed by atoms with van der Waals surface area (Å²) in [5.41, 5.74) is -0.521. The molecule has 8 heteroatoms. The number of rotatable bonds is 6. The van der Waals surface area contributed by atoms with Crippen molar-refractivity contribution in [1.82, 2.24) is 10.2 Å². The summed E-state index contributed by atoms with van der Waals surface area (Å²) in [5, 5.41) is 12.0. The zero-order valence-electron chi connectivity index (χ0n) is 11.4. The fourth-order valence-corrected chi connectivity index (χ4v) is 4.39. The lowest BCUT2D eigenvalue weighted by Gasteiger charge is -2.25. The number of nitrogens with one attached hydrogen (secondary N) is 1. The first-order valence-corrected chi connectivity index (χ1v) is 8.44. The monoisotopic (exact) mass is 310 g/mol. The zero-order valence-corrected chi connectivity index (χ0v) is 13.0. The van der Waals surface area contributed by atoms with E-state index in [0.29, 0.717) is 26.1 Å². The van der Waals surface area contributed by atoms with Crippen LogP contribution in [0.5, 0.6) is 0 Å². The van der Waals surface area contributed by atoms with E-state index >= 15 is 0 Å². The minimum absolute atomic E-state index is 0.0912. The van der Waals surface area contributed by atoms with Gasteiger partial charge in [-0.05, 0) is 32.6 Å². The molecule has 1 atom stereocenters. The molecule has 1 saturated heterocycles. The molecule has 1 aliphatic rings. The average molecular weight is 310 g/mol. The molecule has 0 unspecified atom stereocenters. The SMILES string of the molecule is CN(CCO)CCOC(=S)N[C@@]1(C)CCS(=O)(=O)C1. The summed E-state index contributed by atoms with van der Waals surface area (Å²) in [4.78, 5) is 1.92. The summed E-state index contributed by atoms with van der Waals surface area (Å²) < 4.78 is 28.3. The predicted molar refractivity (Wildman–Crippen MR) is 77.9 cm³/mol. The van der Waals surface area contributed by atoms with Crippen molar-refractivity contribution in [1.29, 1.82) is 0 Å². The molecule has 1 heterocycles. The normalized spacial score (nSPS) is 25.5. The minimum Gasteiger partial charge on any atom is -0.470 e. The fraction of sp³-hybridized carbons (Fsp3) is 0.909. The molecule has 1 rings (SSSR count). The van der Waals surface area contributed by atoms with Gasteiger partial charge in [-0.3, -0.25) is 0 Å². The van der Waals surface area contributed by atoms with Crippen molar-refractivity contribution in [2.24, 2.45) is 0 Å². The van der Waals surface area contributed by atoms with E-state index in [-0.39, 0.29) is 23.3 Å². The van der Waals surface area contributed by atoms with Crippen LogP contribution in [-0.4, -0.2) is 74.0 Å². The molecule has 0 saturated carbocycles. The van der Waals surface area contributed by atoms with Crippen LogP contribution in [0.25, 0.3) is 0 Å². The van der Waals surface area contributed by atoms with Crippen molar-refractivity contribution in [2.75, 3.05) is 44.9 Å². The Kier molecular flexibility index (Phi) is 5.97. The molecule has 19 heavy (non-hydrogen) atoms. The van der Waals surface area contributed by atoms with Crippen LogP contribution in [0, 0.1) is 0 Å². The Morgan fingerprint density at radius 2 is 2.21 bits per heavy atom. The lowest BCUT2D eigenvalue weighted by atomic mass is 10.0. The molecule has 6 nitrogen and oxygen atoms in total. The van der Waals surface area contributed by atoms with Gasteiger partial charge in [0.2, 0.25) is 0 Å². The first-order chi connectivity index (χ1) is 8.76. The molecule has 1 aliphatic heterocycles. The smallest absolute Gasteiger partial charge is 0.257 e. The van der Waals surface area contributed by atoms with Crippen LogP contribution in [0.2, 0.25) is 0 Å². The molecular formula is C11H22N2O4S2. The standard InChI is InChI=1S/C11H22N2O4S2/c1-11(3-8-19(15,16)9-11)12-10(18)17-7-5-13(2)4-6-14/h14H,3-9H2,1-2H3,(H,12,18)/t11-/m0/s1. The third kappa shape index (κ3) is 6.03. The molecule has 0 aromatic rings. The van der Waals surface area contributed by atoms with E-state index in [9.17, 15) is 8.42 Å². The predicted octanol–water partition coefficient (Wildman–Crippen LogP) is -0.621. The first-order valence-electron chi connectivity index (χ1n) is 6.21. The second-order valence-electron chi connectivity index (χ2n) is 5.19. The van der Waals surface area contributed by atoms with Gasteiger partial charge >= 0.3 is 0 Å². The van der Waals surface area contributed by atoms with Gasteiger partial charge in [0.1, 0.15) is 6.61 Å². The fourth-order valence-electron chi connectivity index (χ4n) is 1.97. The van der Waals surface area contributed by atoms with Gasteiger partial charge in [0.25, 0.3) is 5.17 Å². The number of likely N-dealkylation sites (N-methyl/N-ethyl adjacent to an activating group) is 1. The van der Waals surface area contributed by atoms with Crippen molar-refractivity contribution in [3.05, 3.63) is 0 Å². The van der Waals surface area contributed by atoms with E-state index in [1.165, 1.54) is 0 Å². The second-order valence-corrected chi connectivity index (χ2v) is 7.75. The molecule has 0 radical (unpaired) electrons. The maximum absolute atomic E-state index is 11.4. The molecule has 1 fully saturated rings. The van der Waals surface area contributed by atoms with Crippen molar-refractivity contribution >= 4 is 27.2 Å². The van der Waals surface area contributed by atoms with Crippen molar-refractivity contribution in [2.45, 2.75) is 18.9 Å². The lowest BCUT2D eigenvalue weighted by Crippen LogP contribution is -2.47. The molecule has 0 aromatic heterocycles. The lowest BCUT2D eigenvalue weighted by molar-refractivity contribution is 0.185. The Hall–Kier alpha value is -0.440. The number of ether oxygens (including phenoxy) is 1. The number of hydrogen-bond acceptors (Lipinski definition) is 6. The molecule has 112 valence electrons. The molecule has 0 spiro atoms. The number of hydrogen-bond donors (Lipinski definition) is 2. The summed E-state index contributed by atoms with van der Waals surface area (Å²) in [5.74, 6) is 0.284. The molecule has 2 N–H and O–H groups in total. The van der Waals surface area contributed by atoms with Crippen LogP contribution < -0.4 is 5.32 Å². The van der Waals surface area contributed by atoms with Crippen molar-refractivity contribution in [3.63, 3.8) is 0 Å². The van der Waals surface area contributed by atoms with Gasteiger partial charge < -0.3 is 20.1 Å². The van der Waals surface area contributed by atoms with Crippen LogP contribution >= 0.6 is 12.2 Å². The van der Waals surface area contributed by atoms with Crippen LogP contribution in [-0.2, 0) is 14.6 Å². The van der Waals surface area contributed by atoms with E-state index < -0.39 is 15.4 Å². The highest BCUT2D eigenvalue weighted by Gasteiger charge is 2.39. The van der Waals surface area contributed by atoms with Crippen molar-refractivity contribution < 1.29 is 18.3 Å². The summed E-state index contributed by atoms with van der Waals surface area (Å²) >= 11 is 5.06. The van der Waals surface area contributed by atoms with Gasteiger partial charge in [0.15, 0.2) is 9.84 Å². The van der Waals surface area contributed by atoms with Gasteiger partial charge in [-0.25, -0.2) is 8.42 Å². The minimum atomic E-state index is -2.95. The summed E-state index contributed by atoms with van der Waals surface area (Å²) in [6.07, 6.45) is 0.545. The van der Waals surface area contributed by atoms with Gasteiger partial charge in [-0.2, -0.15) is 0 Å². The van der Waals surface area contributed by atoms with Crippen LogP contribution in [0.1, 0.15) is 13.3 Å². The third-order valence-electron chi connectivity index (χ3n) is 3.10. The van der Waals surface area contributed by atoms with E-state index in [4.69, 9.17) is 22.1 Å². The molecular weight excluding hydrogens is 288 g/mol. The highest BCUT2D eigenvalue weighted by Crippen LogP contribution is 2.22. The average Bonchev–Trinajstić information content (AvgIpc) is 2.52. The molecule has 0 aliphatic carbocycles. The second kappa shape index (κ2) is 6.83. The Morgan fingerprint density at radius 3 is 2.74 bits per heavy atom. The topological polar surface area (TPSA) is 78.9 Å². The summed E-state index contributed by atoms with van der Waals surface area (Å²) in [6, 6.07) is 0. The molecule has 0 aromatic carbocycles. The summed E-state index contributed by atoms with van der Waals surface area (Å²) in [6.45, 7) is 3.59. The highest BCUT2D eigenvalue weighted by molar-refractivity contribution is 7.91. The van der Waals surface area contributed by atoms with Gasteiger partial charge in [-0.15, -0.1) is 0 Å². The Morgan fingerprint density at radius 1 is 1.53 bits per heavy atom. The van der Waals surface area contributed by atoms with Crippen LogP contribution in [0.3, 0.4) is 0 Å². The number of thiocarbonyl (C=S) groups is 1. The Labute approximate surface area is 120 Å². The number of aliphatic hydroxyl groups is 1. The van der Waals surface area contributed by atoms with E-state index in [1.807, 2.05) is 18.9 Å². The quantitative estimate of drug-likeness (QED) is 0.633. The third-order valence-corrected chi connectivity index (χ3v) is 5.22. The van der Waals surface area contributed by atoms with E-state index in [2.05, 4.69) is 5.32 Å². The molecule has 0 amide bonds. The highest BCUT2D eigenvalue weighted by atomic mass is 32.2. The Balaban J connectivity index is 2.28. The largest absolute Gasteiger partial charge is 0.470 e. The summed E-state index contributed by atoms with van der Waals surface area (Å²) in [7, 11) is -1.08. The maximum Gasteiger partial charge on any atom is 0.257 e. The van der Waals surface area contributed by atoms with Gasteiger partial charge in [0, 0.05) is 13.1 Å². The zero-order chi connectivity index (χ0) is 14.5. The van der Waals surface area contributed by atoms with Gasteiger partial charge in [-0.1, -0.05) is 0 Å². The van der Waals surface area contributed by atoms with Crippen LogP contribution in [0.4, 0.5) is 0 Å². The molecule has 0 bridgehead atoms. The van der Waals surface area contributed by atoms with Crippen molar-refractivity contribution in [3.8, 4) is 0 Å². The Bertz CT molecular complexity index is 413. The van der Waals surface area contributed by atoms with E-state index in [1.54, 1.807) is 0 Å². The van der Waals surface area contributed by atoms with Gasteiger partial charge in [0.05, 0.1) is 23.7 Å². The van der Waals surface area contributed by atoms with E-state index in [0.717, 1.165) is 0 Å². The first kappa shape index (κ1) is 16.6. The van der Waals surface area contributed by atoms with Crippen LogP contribution in [0.15, 0.2) is 0 Å².